The van der Waals surface area contributed by atoms with Gasteiger partial charge in [-0.3, -0.25) is 9.48 Å². The smallest absolute Gasteiger partial charge is 0.256 e. The molecule has 0 fully saturated rings. The third kappa shape index (κ3) is 4.09. The van der Waals surface area contributed by atoms with Gasteiger partial charge in [0, 0.05) is 18.3 Å². The Hall–Kier alpha value is -2.70. The average molecular weight is 352 g/mol. The SMILES string of the molecule is Cc1ccc(C(=O)Nc2cnn(CC(O)CN(C)C)c2)c2ccccc12. The van der Waals surface area contributed by atoms with Crippen LogP contribution in [-0.2, 0) is 6.54 Å². The van der Waals surface area contributed by atoms with Crippen LogP contribution in [0.25, 0.3) is 10.8 Å². The molecule has 0 saturated heterocycles. The van der Waals surface area contributed by atoms with E-state index in [-0.39, 0.29) is 5.91 Å². The summed E-state index contributed by atoms with van der Waals surface area (Å²) < 4.78 is 1.64. The third-order valence-corrected chi connectivity index (χ3v) is 4.25. The highest BCUT2D eigenvalue weighted by Gasteiger charge is 2.13. The predicted molar refractivity (Wildman–Crippen MR) is 103 cm³/mol. The second kappa shape index (κ2) is 7.68. The number of fused-ring (bicyclic) bond motifs is 1. The molecule has 6 heteroatoms. The number of anilines is 1. The van der Waals surface area contributed by atoms with Gasteiger partial charge in [0.05, 0.1) is 24.5 Å². The summed E-state index contributed by atoms with van der Waals surface area (Å²) in [5.74, 6) is -0.172. The number of aliphatic hydroxyl groups is 1. The van der Waals surface area contributed by atoms with Gasteiger partial charge in [0.2, 0.25) is 0 Å². The first-order valence-electron chi connectivity index (χ1n) is 8.59. The molecule has 26 heavy (non-hydrogen) atoms. The summed E-state index contributed by atoms with van der Waals surface area (Å²) in [4.78, 5) is 14.6. The minimum Gasteiger partial charge on any atom is -0.390 e. The Labute approximate surface area is 153 Å². The molecule has 0 spiro atoms. The molecule has 0 saturated carbocycles. The number of aromatic nitrogens is 2. The van der Waals surface area contributed by atoms with E-state index in [1.807, 2.05) is 62.3 Å². The number of aliphatic hydroxyl groups excluding tert-OH is 1. The maximum Gasteiger partial charge on any atom is 0.256 e. The molecule has 2 aromatic carbocycles. The maximum absolute atomic E-state index is 12.7. The van der Waals surface area contributed by atoms with E-state index in [0.717, 1.165) is 16.3 Å². The van der Waals surface area contributed by atoms with E-state index in [9.17, 15) is 9.90 Å². The lowest BCUT2D eigenvalue weighted by Gasteiger charge is -2.15. The molecular weight excluding hydrogens is 328 g/mol. The largest absolute Gasteiger partial charge is 0.390 e. The lowest BCUT2D eigenvalue weighted by Crippen LogP contribution is -2.29. The molecular formula is C20H24N4O2. The summed E-state index contributed by atoms with van der Waals surface area (Å²) in [5, 5.41) is 19.1. The van der Waals surface area contributed by atoms with Gasteiger partial charge in [-0.25, -0.2) is 0 Å². The summed E-state index contributed by atoms with van der Waals surface area (Å²) in [7, 11) is 3.81. The van der Waals surface area contributed by atoms with Crippen molar-refractivity contribution in [1.29, 1.82) is 0 Å². The molecule has 3 aromatic rings. The lowest BCUT2D eigenvalue weighted by molar-refractivity contribution is 0.102. The Bertz CT molecular complexity index is 917. The first kappa shape index (κ1) is 18.1. The summed E-state index contributed by atoms with van der Waals surface area (Å²) in [6.45, 7) is 2.96. The fraction of sp³-hybridized carbons (Fsp3) is 0.300. The number of hydrogen-bond acceptors (Lipinski definition) is 4. The molecule has 1 amide bonds. The monoisotopic (exact) mass is 352 g/mol. The molecule has 0 bridgehead atoms. The number of carbonyl (C=O) groups is 1. The molecule has 2 N–H and O–H groups in total. The number of hydrogen-bond donors (Lipinski definition) is 2. The van der Waals surface area contributed by atoms with Gasteiger partial charge in [-0.2, -0.15) is 5.10 Å². The van der Waals surface area contributed by atoms with Crippen molar-refractivity contribution in [3.63, 3.8) is 0 Å². The molecule has 0 aliphatic rings. The van der Waals surface area contributed by atoms with Crippen molar-refractivity contribution >= 4 is 22.4 Å². The third-order valence-electron chi connectivity index (χ3n) is 4.25. The Kier molecular flexibility index (Phi) is 5.35. The number of aryl methyl sites for hydroxylation is 1. The zero-order valence-electron chi connectivity index (χ0n) is 15.3. The maximum atomic E-state index is 12.7. The number of nitrogens with zero attached hydrogens (tertiary/aromatic N) is 3. The Morgan fingerprint density at radius 2 is 1.96 bits per heavy atom. The quantitative estimate of drug-likeness (QED) is 0.715. The number of nitrogens with one attached hydrogen (secondary N) is 1. The number of benzene rings is 2. The summed E-state index contributed by atoms with van der Waals surface area (Å²) >= 11 is 0. The zero-order valence-corrected chi connectivity index (χ0v) is 15.3. The van der Waals surface area contributed by atoms with E-state index < -0.39 is 6.10 Å². The van der Waals surface area contributed by atoms with Crippen LogP contribution in [0.2, 0.25) is 0 Å². The van der Waals surface area contributed by atoms with Crippen molar-refractivity contribution in [2.45, 2.75) is 19.6 Å². The minimum absolute atomic E-state index is 0.172. The van der Waals surface area contributed by atoms with E-state index >= 15 is 0 Å². The second-order valence-electron chi connectivity index (χ2n) is 6.80. The van der Waals surface area contributed by atoms with Crippen LogP contribution in [0.15, 0.2) is 48.8 Å². The van der Waals surface area contributed by atoms with Crippen LogP contribution < -0.4 is 5.32 Å². The highest BCUT2D eigenvalue weighted by atomic mass is 16.3. The molecule has 3 rings (SSSR count). The number of carbonyl (C=O) groups excluding carboxylic acids is 1. The van der Waals surface area contributed by atoms with Crippen molar-refractivity contribution in [3.8, 4) is 0 Å². The van der Waals surface area contributed by atoms with Crippen molar-refractivity contribution < 1.29 is 9.90 Å². The average Bonchev–Trinajstić information content (AvgIpc) is 3.01. The van der Waals surface area contributed by atoms with E-state index in [0.29, 0.717) is 24.3 Å². The molecule has 136 valence electrons. The molecule has 1 aromatic heterocycles. The van der Waals surface area contributed by atoms with Gasteiger partial charge in [-0.15, -0.1) is 0 Å². The fourth-order valence-electron chi connectivity index (χ4n) is 3.07. The highest BCUT2D eigenvalue weighted by Crippen LogP contribution is 2.23. The van der Waals surface area contributed by atoms with E-state index in [4.69, 9.17) is 0 Å². The van der Waals surface area contributed by atoms with Crippen LogP contribution in [0, 0.1) is 6.92 Å². The topological polar surface area (TPSA) is 70.4 Å². The lowest BCUT2D eigenvalue weighted by atomic mass is 10.00. The number of likely N-dealkylation sites (N-methyl/N-ethyl adjacent to an activating group) is 1. The van der Waals surface area contributed by atoms with Gasteiger partial charge < -0.3 is 15.3 Å². The second-order valence-corrected chi connectivity index (χ2v) is 6.80. The van der Waals surface area contributed by atoms with Gasteiger partial charge in [-0.1, -0.05) is 30.3 Å². The van der Waals surface area contributed by atoms with Gasteiger partial charge >= 0.3 is 0 Å². The fourth-order valence-corrected chi connectivity index (χ4v) is 3.07. The molecule has 1 unspecified atom stereocenters. The molecule has 0 aliphatic carbocycles. The van der Waals surface area contributed by atoms with Crippen molar-refractivity contribution in [2.75, 3.05) is 26.0 Å². The standard InChI is InChI=1S/C20H24N4O2/c1-14-8-9-19(18-7-5-4-6-17(14)18)20(26)22-15-10-21-24(11-15)13-16(25)12-23(2)3/h4-11,16,25H,12-13H2,1-3H3,(H,22,26). The Morgan fingerprint density at radius 1 is 1.23 bits per heavy atom. The van der Waals surface area contributed by atoms with E-state index in [2.05, 4.69) is 10.4 Å². The van der Waals surface area contributed by atoms with E-state index in [1.165, 1.54) is 0 Å². The number of rotatable bonds is 6. The summed E-state index contributed by atoms with van der Waals surface area (Å²) in [6.07, 6.45) is 2.80. The van der Waals surface area contributed by atoms with Crippen LogP contribution in [0.5, 0.6) is 0 Å². The van der Waals surface area contributed by atoms with Gasteiger partial charge in [0.15, 0.2) is 0 Å². The van der Waals surface area contributed by atoms with Crippen molar-refractivity contribution in [1.82, 2.24) is 14.7 Å². The van der Waals surface area contributed by atoms with Crippen LogP contribution in [0.3, 0.4) is 0 Å². The summed E-state index contributed by atoms with van der Waals surface area (Å²) in [5.41, 5.74) is 2.38. The van der Waals surface area contributed by atoms with Gasteiger partial charge in [0.25, 0.3) is 5.91 Å². The van der Waals surface area contributed by atoms with Crippen molar-refractivity contribution in [2.24, 2.45) is 0 Å². The van der Waals surface area contributed by atoms with Gasteiger partial charge in [0.1, 0.15) is 0 Å². The zero-order chi connectivity index (χ0) is 18.7. The normalized spacial score (nSPS) is 12.5. The predicted octanol–water partition coefficient (Wildman–Crippen LogP) is 2.52. The molecule has 1 heterocycles. The molecule has 1 atom stereocenters. The summed E-state index contributed by atoms with van der Waals surface area (Å²) in [6, 6.07) is 11.7. The van der Waals surface area contributed by atoms with E-state index in [1.54, 1.807) is 17.1 Å². The van der Waals surface area contributed by atoms with Crippen LogP contribution >= 0.6 is 0 Å². The van der Waals surface area contributed by atoms with Gasteiger partial charge in [-0.05, 0) is 43.4 Å². The van der Waals surface area contributed by atoms with Crippen LogP contribution in [-0.4, -0.2) is 52.4 Å². The highest BCUT2D eigenvalue weighted by molar-refractivity contribution is 6.13. The first-order chi connectivity index (χ1) is 12.4. The van der Waals surface area contributed by atoms with Crippen LogP contribution in [0.1, 0.15) is 15.9 Å². The Morgan fingerprint density at radius 3 is 2.69 bits per heavy atom. The Balaban J connectivity index is 1.74. The molecule has 6 nitrogen and oxygen atoms in total. The number of amides is 1. The minimum atomic E-state index is -0.519. The molecule has 0 aliphatic heterocycles. The van der Waals surface area contributed by atoms with Crippen LogP contribution in [0.4, 0.5) is 5.69 Å². The molecule has 0 radical (unpaired) electrons. The first-order valence-corrected chi connectivity index (χ1v) is 8.59. The van der Waals surface area contributed by atoms with Crippen molar-refractivity contribution in [3.05, 3.63) is 59.9 Å².